The molecule has 0 heterocycles. The van der Waals surface area contributed by atoms with E-state index in [1.54, 1.807) is 0 Å². The van der Waals surface area contributed by atoms with E-state index in [9.17, 15) is 20.1 Å². The molecule has 5 unspecified atom stereocenters. The van der Waals surface area contributed by atoms with Crippen LogP contribution in [-0.2, 0) is 9.53 Å². The molecule has 0 aliphatic heterocycles. The number of fused-ring (bicyclic) bond motifs is 5. The number of aliphatic hydroxyl groups is 3. The Labute approximate surface area is 167 Å². The predicted octanol–water partition coefficient (Wildman–Crippen LogP) is 2.47. The lowest BCUT2D eigenvalue weighted by Gasteiger charge is -2.61. The Morgan fingerprint density at radius 2 is 1.64 bits per heavy atom. The van der Waals surface area contributed by atoms with Crippen molar-refractivity contribution in [2.24, 2.45) is 40.4 Å². The van der Waals surface area contributed by atoms with Crippen LogP contribution in [0, 0.1) is 52.4 Å². The van der Waals surface area contributed by atoms with Crippen molar-refractivity contribution >= 4 is 5.97 Å². The lowest BCUT2D eigenvalue weighted by Crippen LogP contribution is -2.56. The largest absolute Gasteiger partial charge is 0.392 e. The van der Waals surface area contributed by atoms with Gasteiger partial charge in [-0.3, -0.25) is 4.79 Å². The summed E-state index contributed by atoms with van der Waals surface area (Å²) in [7, 11) is 0. The standard InChI is InChI=1S/C23H34O5/c1-13(24)28-11-8-15-16-5-4-14-17(22(16,2)10-7-19(15)25)6-9-23(3)18(14)12-20(26)21(23)27/h14-21,25-27H,4-7,9-10,12H2,1-3H3/t14-,15?,16?,17-,18+,19?,20?,21?,22+,23+/m1/s1. The van der Waals surface area contributed by atoms with E-state index in [0.717, 1.165) is 38.5 Å². The molecule has 5 heteroatoms. The molecule has 28 heavy (non-hydrogen) atoms. The Morgan fingerprint density at radius 3 is 2.36 bits per heavy atom. The first-order valence-electron chi connectivity index (χ1n) is 10.9. The Kier molecular flexibility index (Phi) is 5.05. The summed E-state index contributed by atoms with van der Waals surface area (Å²) in [6.07, 6.45) is 7.34. The van der Waals surface area contributed by atoms with Crippen molar-refractivity contribution in [2.75, 3.05) is 0 Å². The maximum Gasteiger partial charge on any atom is 0.316 e. The van der Waals surface area contributed by atoms with Gasteiger partial charge in [-0.2, -0.15) is 0 Å². The molecule has 0 spiro atoms. The number of carbonyl (C=O) groups excluding carboxylic acids is 1. The second-order valence-corrected chi connectivity index (χ2v) is 10.3. The molecule has 0 aromatic rings. The molecule has 0 bridgehead atoms. The Balaban J connectivity index is 1.60. The van der Waals surface area contributed by atoms with Crippen molar-refractivity contribution < 1.29 is 24.9 Å². The molecule has 0 amide bonds. The van der Waals surface area contributed by atoms with E-state index in [1.807, 2.05) is 0 Å². The Hall–Kier alpha value is -1.09. The molecular formula is C23H34O5. The molecule has 10 atom stereocenters. The van der Waals surface area contributed by atoms with Crippen LogP contribution in [0.2, 0.25) is 0 Å². The highest BCUT2D eigenvalue weighted by atomic mass is 16.5. The molecular weight excluding hydrogens is 356 g/mol. The van der Waals surface area contributed by atoms with Gasteiger partial charge >= 0.3 is 5.97 Å². The number of esters is 1. The zero-order valence-corrected chi connectivity index (χ0v) is 17.2. The third-order valence-electron chi connectivity index (χ3n) is 9.16. The third-order valence-corrected chi connectivity index (χ3v) is 9.16. The first-order valence-corrected chi connectivity index (χ1v) is 10.9. The second-order valence-electron chi connectivity index (χ2n) is 10.3. The number of hydrogen-bond donors (Lipinski definition) is 3. The maximum atomic E-state index is 11.1. The highest BCUT2D eigenvalue weighted by molar-refractivity contribution is 5.67. The van der Waals surface area contributed by atoms with E-state index < -0.39 is 24.3 Å². The van der Waals surface area contributed by atoms with Gasteiger partial charge in [0.1, 0.15) is 6.11 Å². The lowest BCUT2D eigenvalue weighted by molar-refractivity contribution is -0.147. The van der Waals surface area contributed by atoms with Crippen LogP contribution in [0.1, 0.15) is 65.7 Å². The fourth-order valence-electron chi connectivity index (χ4n) is 7.71. The predicted molar refractivity (Wildman–Crippen MR) is 104 cm³/mol. The molecule has 4 fully saturated rings. The van der Waals surface area contributed by atoms with Gasteiger partial charge in [0.05, 0.1) is 24.2 Å². The molecule has 0 saturated heterocycles. The first kappa shape index (κ1) is 20.2. The minimum absolute atomic E-state index is 0.0948. The van der Waals surface area contributed by atoms with Gasteiger partial charge in [-0.1, -0.05) is 19.8 Å². The van der Waals surface area contributed by atoms with Gasteiger partial charge in [0.2, 0.25) is 0 Å². The van der Waals surface area contributed by atoms with Crippen LogP contribution in [0.15, 0.2) is 0 Å². The summed E-state index contributed by atoms with van der Waals surface area (Å²) < 4.78 is 4.84. The molecule has 5 nitrogen and oxygen atoms in total. The van der Waals surface area contributed by atoms with E-state index in [4.69, 9.17) is 4.74 Å². The monoisotopic (exact) mass is 390 g/mol. The summed E-state index contributed by atoms with van der Waals surface area (Å²) >= 11 is 0. The molecule has 0 radical (unpaired) electrons. The summed E-state index contributed by atoms with van der Waals surface area (Å²) in [4.78, 5) is 11.1. The van der Waals surface area contributed by atoms with Crippen LogP contribution in [0.4, 0.5) is 0 Å². The number of rotatable bonds is 0. The Morgan fingerprint density at radius 1 is 0.929 bits per heavy atom. The SMILES string of the molecule is CC(=O)OC#CC1C(O)CC[C@@]2(C)C1CC[C@@H]1[C@H]2CC[C@]2(C)C(O)C(O)C[C@@H]12. The van der Waals surface area contributed by atoms with E-state index >= 15 is 0 Å². The van der Waals surface area contributed by atoms with Crippen molar-refractivity contribution in [1.82, 2.24) is 0 Å². The summed E-state index contributed by atoms with van der Waals surface area (Å²) in [5.74, 6) is 4.20. The third kappa shape index (κ3) is 2.91. The number of hydrogen-bond acceptors (Lipinski definition) is 5. The van der Waals surface area contributed by atoms with Crippen molar-refractivity contribution in [3.63, 3.8) is 0 Å². The highest BCUT2D eigenvalue weighted by Crippen LogP contribution is 2.66. The molecule has 0 aromatic heterocycles. The number of ether oxygens (including phenoxy) is 1. The number of aliphatic hydroxyl groups excluding tert-OH is 3. The van der Waals surface area contributed by atoms with Crippen LogP contribution in [0.25, 0.3) is 0 Å². The van der Waals surface area contributed by atoms with Gasteiger partial charge in [-0.15, -0.1) is 0 Å². The van der Waals surface area contributed by atoms with Crippen LogP contribution >= 0.6 is 0 Å². The second kappa shape index (κ2) is 7.00. The van der Waals surface area contributed by atoms with Gasteiger partial charge in [-0.25, -0.2) is 0 Å². The van der Waals surface area contributed by atoms with Gasteiger partial charge in [0.15, 0.2) is 0 Å². The molecule has 0 aromatic carbocycles. The lowest BCUT2D eigenvalue weighted by atomic mass is 9.43. The molecule has 4 saturated carbocycles. The van der Waals surface area contributed by atoms with Crippen LogP contribution < -0.4 is 0 Å². The van der Waals surface area contributed by atoms with E-state index in [-0.39, 0.29) is 16.7 Å². The minimum atomic E-state index is -0.612. The zero-order valence-electron chi connectivity index (χ0n) is 17.2. The highest BCUT2D eigenvalue weighted by Gasteiger charge is 2.63. The fraction of sp³-hybridized carbons (Fsp3) is 0.870. The first-order chi connectivity index (χ1) is 13.2. The van der Waals surface area contributed by atoms with Crippen molar-refractivity contribution in [3.8, 4) is 12.0 Å². The van der Waals surface area contributed by atoms with Crippen LogP contribution in [0.3, 0.4) is 0 Å². The molecule has 4 rings (SSSR count). The van der Waals surface area contributed by atoms with Crippen LogP contribution in [0.5, 0.6) is 0 Å². The van der Waals surface area contributed by atoms with Gasteiger partial charge in [-0.05, 0) is 79.4 Å². The maximum absolute atomic E-state index is 11.1. The van der Waals surface area contributed by atoms with Gasteiger partial charge in [0, 0.05) is 6.92 Å². The minimum Gasteiger partial charge on any atom is -0.392 e. The van der Waals surface area contributed by atoms with Crippen molar-refractivity contribution in [3.05, 3.63) is 0 Å². The fourth-order valence-corrected chi connectivity index (χ4v) is 7.71. The number of carbonyl (C=O) groups is 1. The van der Waals surface area contributed by atoms with Crippen LogP contribution in [-0.4, -0.2) is 39.6 Å². The van der Waals surface area contributed by atoms with Gasteiger partial charge in [0.25, 0.3) is 0 Å². The van der Waals surface area contributed by atoms with Gasteiger partial charge < -0.3 is 20.1 Å². The average Bonchev–Trinajstić information content (AvgIpc) is 2.87. The normalized spacial score (nSPS) is 52.5. The Bertz CT molecular complexity index is 695. The quantitative estimate of drug-likeness (QED) is 0.437. The van der Waals surface area contributed by atoms with E-state index in [0.29, 0.717) is 30.1 Å². The zero-order chi connectivity index (χ0) is 20.3. The summed E-state index contributed by atoms with van der Waals surface area (Å²) in [5, 5.41) is 31.6. The van der Waals surface area contributed by atoms with E-state index in [1.165, 1.54) is 6.92 Å². The topological polar surface area (TPSA) is 87.0 Å². The molecule has 4 aliphatic rings. The summed E-state index contributed by atoms with van der Waals surface area (Å²) in [6, 6.07) is 0. The van der Waals surface area contributed by atoms with Crippen molar-refractivity contribution in [1.29, 1.82) is 0 Å². The molecule has 3 N–H and O–H groups in total. The average molecular weight is 391 g/mol. The molecule has 156 valence electrons. The van der Waals surface area contributed by atoms with E-state index in [2.05, 4.69) is 25.9 Å². The summed E-state index contributed by atoms with van der Waals surface area (Å²) in [5.41, 5.74) is -0.0793. The smallest absolute Gasteiger partial charge is 0.316 e. The van der Waals surface area contributed by atoms with Crippen molar-refractivity contribution in [2.45, 2.75) is 84.0 Å². The molecule has 4 aliphatic carbocycles. The summed E-state index contributed by atoms with van der Waals surface area (Å²) in [6.45, 7) is 5.87.